The number of ether oxygens (including phenoxy) is 1. The smallest absolute Gasteiger partial charge is 0.407 e. The molecule has 1 heterocycles. The molecule has 1 rings (SSSR count). The number of aliphatic hydroxyl groups excluding tert-OH is 2. The molecule has 0 saturated carbocycles. The van der Waals surface area contributed by atoms with Gasteiger partial charge in [-0.3, -0.25) is 0 Å². The summed E-state index contributed by atoms with van der Waals surface area (Å²) in [7, 11) is 0. The minimum Gasteiger partial charge on any atom is -0.441 e. The molecule has 2 unspecified atom stereocenters. The zero-order valence-electron chi connectivity index (χ0n) is 5.28. The van der Waals surface area contributed by atoms with E-state index in [0.717, 1.165) is 0 Å². The molecule has 0 aromatic rings. The van der Waals surface area contributed by atoms with Crippen molar-refractivity contribution in [1.29, 1.82) is 0 Å². The molecule has 5 heteroatoms. The standard InChI is InChI=1S/C5H9NO4/c7-1-3-4(2-8)10-5(9)6-3/h3-4,7-8H,1-2H2,(H,6,9). The minimum absolute atomic E-state index is 0.211. The molecule has 58 valence electrons. The van der Waals surface area contributed by atoms with E-state index in [1.807, 2.05) is 0 Å². The van der Waals surface area contributed by atoms with Crippen LogP contribution in [0.25, 0.3) is 0 Å². The van der Waals surface area contributed by atoms with Crippen LogP contribution in [0.1, 0.15) is 0 Å². The normalized spacial score (nSPS) is 31.6. The number of alkyl carbamates (subject to hydrolysis) is 1. The lowest BCUT2D eigenvalue weighted by atomic mass is 10.2. The Morgan fingerprint density at radius 1 is 1.50 bits per heavy atom. The molecule has 3 N–H and O–H groups in total. The average molecular weight is 147 g/mol. The number of hydrogen-bond acceptors (Lipinski definition) is 4. The maximum Gasteiger partial charge on any atom is 0.407 e. The first-order valence-corrected chi connectivity index (χ1v) is 2.96. The quantitative estimate of drug-likeness (QED) is 0.441. The van der Waals surface area contributed by atoms with Gasteiger partial charge in [0.15, 0.2) is 0 Å². The van der Waals surface area contributed by atoms with E-state index < -0.39 is 18.2 Å². The number of carbonyl (C=O) groups excluding carboxylic acids is 1. The second-order valence-corrected chi connectivity index (χ2v) is 2.06. The Kier molecular flexibility index (Phi) is 2.08. The molecule has 1 aliphatic rings. The molecular formula is C5H9NO4. The van der Waals surface area contributed by atoms with Crippen LogP contribution in [0.3, 0.4) is 0 Å². The van der Waals surface area contributed by atoms with Crippen LogP contribution in [0.4, 0.5) is 4.79 Å². The van der Waals surface area contributed by atoms with Crippen LogP contribution in [-0.2, 0) is 4.74 Å². The summed E-state index contributed by atoms with van der Waals surface area (Å²) in [5, 5.41) is 19.5. The van der Waals surface area contributed by atoms with Gasteiger partial charge in [0, 0.05) is 0 Å². The van der Waals surface area contributed by atoms with Crippen molar-refractivity contribution in [2.45, 2.75) is 12.1 Å². The number of rotatable bonds is 2. The number of amides is 1. The molecule has 0 spiro atoms. The van der Waals surface area contributed by atoms with Crippen molar-refractivity contribution < 1.29 is 19.7 Å². The highest BCUT2D eigenvalue weighted by molar-refractivity contribution is 5.70. The summed E-state index contributed by atoms with van der Waals surface area (Å²) in [6.45, 7) is -0.471. The molecule has 1 saturated heterocycles. The SMILES string of the molecule is O=C1NC(CO)C(CO)O1. The third kappa shape index (κ3) is 1.19. The Hall–Kier alpha value is -0.810. The Morgan fingerprint density at radius 2 is 2.20 bits per heavy atom. The molecule has 0 bridgehead atoms. The molecule has 0 aliphatic carbocycles. The fourth-order valence-electron chi connectivity index (χ4n) is 0.826. The van der Waals surface area contributed by atoms with Gasteiger partial charge in [-0.05, 0) is 0 Å². The summed E-state index contributed by atoms with van der Waals surface area (Å²) in [6, 6.07) is -0.461. The lowest BCUT2D eigenvalue weighted by Crippen LogP contribution is -2.36. The van der Waals surface area contributed by atoms with Crippen LogP contribution >= 0.6 is 0 Å². The van der Waals surface area contributed by atoms with Crippen LogP contribution in [0.2, 0.25) is 0 Å². The van der Waals surface area contributed by atoms with Gasteiger partial charge >= 0.3 is 6.09 Å². The van der Waals surface area contributed by atoms with E-state index >= 15 is 0 Å². The summed E-state index contributed by atoms with van der Waals surface area (Å²) in [4.78, 5) is 10.4. The highest BCUT2D eigenvalue weighted by Crippen LogP contribution is 2.06. The summed E-state index contributed by atoms with van der Waals surface area (Å²) < 4.78 is 4.55. The average Bonchev–Trinajstić information content (AvgIpc) is 2.30. The van der Waals surface area contributed by atoms with Gasteiger partial charge in [0.1, 0.15) is 6.10 Å². The first-order valence-electron chi connectivity index (χ1n) is 2.96. The van der Waals surface area contributed by atoms with Crippen molar-refractivity contribution in [3.8, 4) is 0 Å². The Balaban J connectivity index is 2.48. The van der Waals surface area contributed by atoms with Crippen molar-refractivity contribution in [3.63, 3.8) is 0 Å². The summed E-state index contributed by atoms with van der Waals surface area (Å²) in [6.07, 6.45) is -1.18. The molecular weight excluding hydrogens is 138 g/mol. The van der Waals surface area contributed by atoms with E-state index in [1.165, 1.54) is 0 Å². The van der Waals surface area contributed by atoms with Gasteiger partial charge in [-0.25, -0.2) is 4.79 Å². The van der Waals surface area contributed by atoms with Gasteiger partial charge < -0.3 is 20.3 Å². The summed E-state index contributed by atoms with van der Waals surface area (Å²) >= 11 is 0. The van der Waals surface area contributed by atoms with Crippen LogP contribution in [0, 0.1) is 0 Å². The molecule has 5 nitrogen and oxygen atoms in total. The van der Waals surface area contributed by atoms with E-state index in [1.54, 1.807) is 0 Å². The third-order valence-electron chi connectivity index (χ3n) is 1.39. The number of aliphatic hydroxyl groups is 2. The number of nitrogens with one attached hydrogen (secondary N) is 1. The monoisotopic (exact) mass is 147 g/mol. The highest BCUT2D eigenvalue weighted by Gasteiger charge is 2.32. The second-order valence-electron chi connectivity index (χ2n) is 2.06. The van der Waals surface area contributed by atoms with Crippen molar-refractivity contribution in [1.82, 2.24) is 5.32 Å². The van der Waals surface area contributed by atoms with Crippen LogP contribution < -0.4 is 5.32 Å². The van der Waals surface area contributed by atoms with E-state index in [4.69, 9.17) is 10.2 Å². The fourth-order valence-corrected chi connectivity index (χ4v) is 0.826. The minimum atomic E-state index is -0.600. The zero-order chi connectivity index (χ0) is 7.56. The molecule has 1 aliphatic heterocycles. The molecule has 10 heavy (non-hydrogen) atoms. The first-order chi connectivity index (χ1) is 4.77. The van der Waals surface area contributed by atoms with Crippen LogP contribution in [0.15, 0.2) is 0 Å². The molecule has 0 radical (unpaired) electrons. The van der Waals surface area contributed by atoms with Crippen LogP contribution in [0.5, 0.6) is 0 Å². The number of cyclic esters (lactones) is 1. The van der Waals surface area contributed by atoms with Gasteiger partial charge in [-0.15, -0.1) is 0 Å². The number of carbonyl (C=O) groups is 1. The van der Waals surface area contributed by atoms with Gasteiger partial charge in [0.05, 0.1) is 19.3 Å². The van der Waals surface area contributed by atoms with Crippen molar-refractivity contribution in [2.75, 3.05) is 13.2 Å². The van der Waals surface area contributed by atoms with Crippen molar-refractivity contribution in [3.05, 3.63) is 0 Å². The van der Waals surface area contributed by atoms with Gasteiger partial charge in [-0.1, -0.05) is 0 Å². The Morgan fingerprint density at radius 3 is 2.60 bits per heavy atom. The molecule has 2 atom stereocenters. The highest BCUT2D eigenvalue weighted by atomic mass is 16.6. The Bertz CT molecular complexity index is 124. The van der Waals surface area contributed by atoms with Crippen molar-refractivity contribution >= 4 is 6.09 Å². The lowest BCUT2D eigenvalue weighted by molar-refractivity contribution is 0.0711. The van der Waals surface area contributed by atoms with Crippen LogP contribution in [-0.4, -0.2) is 41.7 Å². The van der Waals surface area contributed by atoms with Gasteiger partial charge in [-0.2, -0.15) is 0 Å². The molecule has 0 aromatic heterocycles. The fraction of sp³-hybridized carbons (Fsp3) is 0.800. The van der Waals surface area contributed by atoms with Crippen molar-refractivity contribution in [2.24, 2.45) is 0 Å². The zero-order valence-corrected chi connectivity index (χ0v) is 5.28. The topological polar surface area (TPSA) is 78.8 Å². The third-order valence-corrected chi connectivity index (χ3v) is 1.39. The van der Waals surface area contributed by atoms with Gasteiger partial charge in [0.2, 0.25) is 0 Å². The molecule has 1 fully saturated rings. The van der Waals surface area contributed by atoms with E-state index in [0.29, 0.717) is 0 Å². The summed E-state index contributed by atoms with van der Waals surface area (Å²) in [5.41, 5.74) is 0. The van der Waals surface area contributed by atoms with E-state index in [-0.39, 0.29) is 13.2 Å². The van der Waals surface area contributed by atoms with Gasteiger partial charge in [0.25, 0.3) is 0 Å². The summed E-state index contributed by atoms with van der Waals surface area (Å²) in [5.74, 6) is 0. The van der Waals surface area contributed by atoms with E-state index in [2.05, 4.69) is 10.1 Å². The lowest BCUT2D eigenvalue weighted by Gasteiger charge is -2.09. The van der Waals surface area contributed by atoms with E-state index in [9.17, 15) is 4.79 Å². The largest absolute Gasteiger partial charge is 0.441 e. The Labute approximate surface area is 57.6 Å². The molecule has 0 aromatic carbocycles. The maximum atomic E-state index is 10.4. The maximum absolute atomic E-state index is 10.4. The first kappa shape index (κ1) is 7.30. The predicted molar refractivity (Wildman–Crippen MR) is 31.4 cm³/mol. The second kappa shape index (κ2) is 2.85. The molecule has 1 amide bonds. The number of hydrogen-bond donors (Lipinski definition) is 3. The predicted octanol–water partition coefficient (Wildman–Crippen LogP) is -1.55.